The average Bonchev–Trinajstić information content (AvgIpc) is 2.70. The SMILES string of the molecule is CC1NC(c2ccc([N+](=O)[O-])cc2)N(CC2CCC2)C1=O. The predicted octanol–water partition coefficient (Wildman–Crippen LogP) is 2.21. The highest BCUT2D eigenvalue weighted by Crippen LogP contribution is 2.33. The van der Waals surface area contributed by atoms with Crippen molar-refractivity contribution >= 4 is 11.6 Å². The summed E-state index contributed by atoms with van der Waals surface area (Å²) in [4.78, 5) is 24.5. The summed E-state index contributed by atoms with van der Waals surface area (Å²) in [6.45, 7) is 2.64. The number of amides is 1. The van der Waals surface area contributed by atoms with Crippen molar-refractivity contribution in [3.8, 4) is 0 Å². The van der Waals surface area contributed by atoms with Crippen molar-refractivity contribution in [3.63, 3.8) is 0 Å². The number of hydrogen-bond acceptors (Lipinski definition) is 4. The molecule has 0 spiro atoms. The van der Waals surface area contributed by atoms with Crippen LogP contribution in [0.3, 0.4) is 0 Å². The molecule has 2 aliphatic rings. The number of nitrogens with one attached hydrogen (secondary N) is 1. The molecule has 1 saturated carbocycles. The van der Waals surface area contributed by atoms with Crippen molar-refractivity contribution in [1.29, 1.82) is 0 Å². The topological polar surface area (TPSA) is 75.5 Å². The van der Waals surface area contributed by atoms with Crippen LogP contribution in [0.25, 0.3) is 0 Å². The Morgan fingerprint density at radius 1 is 1.33 bits per heavy atom. The summed E-state index contributed by atoms with van der Waals surface area (Å²) in [6.07, 6.45) is 3.45. The minimum absolute atomic E-state index is 0.0710. The van der Waals surface area contributed by atoms with E-state index >= 15 is 0 Å². The number of benzene rings is 1. The van der Waals surface area contributed by atoms with Gasteiger partial charge >= 0.3 is 0 Å². The number of hydrogen-bond donors (Lipinski definition) is 1. The Morgan fingerprint density at radius 3 is 2.52 bits per heavy atom. The molecule has 6 heteroatoms. The van der Waals surface area contributed by atoms with Crippen LogP contribution in [0.5, 0.6) is 0 Å². The molecular weight excluding hydrogens is 270 g/mol. The third-order valence-electron chi connectivity index (χ3n) is 4.47. The lowest BCUT2D eigenvalue weighted by atomic mass is 9.85. The van der Waals surface area contributed by atoms with Gasteiger partial charge in [-0.15, -0.1) is 0 Å². The third-order valence-corrected chi connectivity index (χ3v) is 4.47. The summed E-state index contributed by atoms with van der Waals surface area (Å²) in [6, 6.07) is 6.24. The molecule has 0 aromatic heterocycles. The van der Waals surface area contributed by atoms with Crippen molar-refractivity contribution in [2.75, 3.05) is 6.54 Å². The first kappa shape index (κ1) is 14.0. The van der Waals surface area contributed by atoms with E-state index in [2.05, 4.69) is 5.32 Å². The summed E-state index contributed by atoms with van der Waals surface area (Å²) in [7, 11) is 0. The van der Waals surface area contributed by atoms with E-state index in [0.717, 1.165) is 12.1 Å². The van der Waals surface area contributed by atoms with E-state index in [9.17, 15) is 14.9 Å². The van der Waals surface area contributed by atoms with Crippen LogP contribution in [0.1, 0.15) is 37.9 Å². The van der Waals surface area contributed by atoms with Gasteiger partial charge in [-0.3, -0.25) is 20.2 Å². The molecule has 1 heterocycles. The molecule has 0 radical (unpaired) electrons. The molecule has 2 atom stereocenters. The normalized spacial score (nSPS) is 26.0. The maximum Gasteiger partial charge on any atom is 0.269 e. The lowest BCUT2D eigenvalue weighted by molar-refractivity contribution is -0.384. The van der Waals surface area contributed by atoms with Gasteiger partial charge in [0, 0.05) is 18.7 Å². The maximum absolute atomic E-state index is 12.3. The minimum atomic E-state index is -0.411. The Kier molecular flexibility index (Phi) is 3.63. The fourth-order valence-electron chi connectivity index (χ4n) is 2.98. The molecule has 1 amide bonds. The zero-order chi connectivity index (χ0) is 15.0. The summed E-state index contributed by atoms with van der Waals surface area (Å²) in [5.41, 5.74) is 0.972. The Morgan fingerprint density at radius 2 is 2.00 bits per heavy atom. The lowest BCUT2D eigenvalue weighted by Crippen LogP contribution is -2.37. The second-order valence-electron chi connectivity index (χ2n) is 5.93. The van der Waals surface area contributed by atoms with E-state index in [1.807, 2.05) is 11.8 Å². The van der Waals surface area contributed by atoms with Gasteiger partial charge in [0.05, 0.1) is 11.0 Å². The molecule has 3 rings (SSSR count). The van der Waals surface area contributed by atoms with Gasteiger partial charge < -0.3 is 4.90 Å². The van der Waals surface area contributed by atoms with Crippen LogP contribution in [-0.2, 0) is 4.79 Å². The van der Waals surface area contributed by atoms with Crippen LogP contribution < -0.4 is 5.32 Å². The smallest absolute Gasteiger partial charge is 0.269 e. The van der Waals surface area contributed by atoms with E-state index in [-0.39, 0.29) is 23.8 Å². The van der Waals surface area contributed by atoms with Crippen molar-refractivity contribution in [1.82, 2.24) is 10.2 Å². The number of carbonyl (C=O) groups is 1. The molecule has 1 saturated heterocycles. The molecule has 112 valence electrons. The third kappa shape index (κ3) is 2.63. The van der Waals surface area contributed by atoms with Gasteiger partial charge in [0.15, 0.2) is 0 Å². The highest BCUT2D eigenvalue weighted by molar-refractivity contribution is 5.84. The monoisotopic (exact) mass is 289 g/mol. The summed E-state index contributed by atoms with van der Waals surface area (Å²) in [5, 5.41) is 14.0. The number of carbonyl (C=O) groups excluding carboxylic acids is 1. The minimum Gasteiger partial charge on any atom is -0.321 e. The van der Waals surface area contributed by atoms with Crippen LogP contribution in [0.2, 0.25) is 0 Å². The van der Waals surface area contributed by atoms with Gasteiger partial charge in [0.25, 0.3) is 5.69 Å². The first-order chi connectivity index (χ1) is 10.1. The first-order valence-corrected chi connectivity index (χ1v) is 7.37. The van der Waals surface area contributed by atoms with Crippen LogP contribution in [0.4, 0.5) is 5.69 Å². The molecule has 21 heavy (non-hydrogen) atoms. The number of nitro groups is 1. The molecule has 2 unspecified atom stereocenters. The molecular formula is C15H19N3O3. The first-order valence-electron chi connectivity index (χ1n) is 7.37. The average molecular weight is 289 g/mol. The lowest BCUT2D eigenvalue weighted by Gasteiger charge is -2.33. The van der Waals surface area contributed by atoms with Crippen LogP contribution >= 0.6 is 0 Å². The number of nitrogens with zero attached hydrogens (tertiary/aromatic N) is 2. The Bertz CT molecular complexity index is 554. The Balaban J connectivity index is 1.80. The zero-order valence-corrected chi connectivity index (χ0v) is 12.0. The second-order valence-corrected chi connectivity index (χ2v) is 5.93. The van der Waals surface area contributed by atoms with E-state index in [1.165, 1.54) is 31.4 Å². The van der Waals surface area contributed by atoms with Crippen LogP contribution in [-0.4, -0.2) is 28.3 Å². The molecule has 1 N–H and O–H groups in total. The zero-order valence-electron chi connectivity index (χ0n) is 12.0. The highest BCUT2D eigenvalue weighted by Gasteiger charge is 2.38. The van der Waals surface area contributed by atoms with Gasteiger partial charge in [0.2, 0.25) is 5.91 Å². The highest BCUT2D eigenvalue weighted by atomic mass is 16.6. The van der Waals surface area contributed by atoms with Gasteiger partial charge in [-0.25, -0.2) is 0 Å². The largest absolute Gasteiger partial charge is 0.321 e. The fraction of sp³-hybridized carbons (Fsp3) is 0.533. The van der Waals surface area contributed by atoms with E-state index < -0.39 is 4.92 Å². The number of nitro benzene ring substituents is 1. The second kappa shape index (κ2) is 5.44. The molecule has 1 aliphatic heterocycles. The number of non-ortho nitro benzene ring substituents is 1. The van der Waals surface area contributed by atoms with Gasteiger partial charge in [0.1, 0.15) is 6.17 Å². The van der Waals surface area contributed by atoms with E-state index in [1.54, 1.807) is 12.1 Å². The van der Waals surface area contributed by atoms with Crippen molar-refractivity contribution in [2.24, 2.45) is 5.92 Å². The molecule has 0 bridgehead atoms. The van der Waals surface area contributed by atoms with Gasteiger partial charge in [-0.1, -0.05) is 6.42 Å². The van der Waals surface area contributed by atoms with Crippen molar-refractivity contribution in [2.45, 2.75) is 38.4 Å². The maximum atomic E-state index is 12.3. The van der Waals surface area contributed by atoms with Crippen molar-refractivity contribution in [3.05, 3.63) is 39.9 Å². The quantitative estimate of drug-likeness (QED) is 0.681. The fourth-order valence-corrected chi connectivity index (χ4v) is 2.98. The Hall–Kier alpha value is -1.95. The summed E-state index contributed by atoms with van der Waals surface area (Å²) < 4.78 is 0. The summed E-state index contributed by atoms with van der Waals surface area (Å²) in [5.74, 6) is 0.715. The van der Waals surface area contributed by atoms with E-state index in [4.69, 9.17) is 0 Å². The van der Waals surface area contributed by atoms with Crippen molar-refractivity contribution < 1.29 is 9.72 Å². The molecule has 1 aliphatic carbocycles. The molecule has 6 nitrogen and oxygen atoms in total. The van der Waals surface area contributed by atoms with Gasteiger partial charge in [-0.05, 0) is 43.4 Å². The Labute approximate surface area is 123 Å². The predicted molar refractivity (Wildman–Crippen MR) is 77.5 cm³/mol. The molecule has 1 aromatic carbocycles. The summed E-state index contributed by atoms with van der Waals surface area (Å²) >= 11 is 0. The van der Waals surface area contributed by atoms with Crippen LogP contribution in [0, 0.1) is 16.0 Å². The molecule has 2 fully saturated rings. The van der Waals surface area contributed by atoms with Gasteiger partial charge in [-0.2, -0.15) is 0 Å². The van der Waals surface area contributed by atoms with E-state index in [0.29, 0.717) is 5.92 Å². The standard InChI is InChI=1S/C15H19N3O3/c1-10-15(19)17(9-11-3-2-4-11)14(16-10)12-5-7-13(8-6-12)18(20)21/h5-8,10-11,14,16H,2-4,9H2,1H3. The van der Waals surface area contributed by atoms with Crippen LogP contribution in [0.15, 0.2) is 24.3 Å². The molecule has 1 aromatic rings. The number of rotatable bonds is 4.